The van der Waals surface area contributed by atoms with Crippen LogP contribution in [-0.4, -0.2) is 25.0 Å². The fourth-order valence-corrected chi connectivity index (χ4v) is 2.50. The van der Waals surface area contributed by atoms with Gasteiger partial charge in [0.05, 0.1) is 0 Å². The van der Waals surface area contributed by atoms with Crippen LogP contribution in [0.3, 0.4) is 0 Å². The van der Waals surface area contributed by atoms with Crippen LogP contribution in [-0.2, 0) is 11.2 Å². The summed E-state index contributed by atoms with van der Waals surface area (Å²) in [5, 5.41) is 6.13. The largest absolute Gasteiger partial charge is 0.356 e. The first kappa shape index (κ1) is 14.9. The van der Waals surface area contributed by atoms with Gasteiger partial charge in [0.1, 0.15) is 11.6 Å². The molecule has 2 N–H and O–H groups in total. The van der Waals surface area contributed by atoms with Crippen LogP contribution >= 0.6 is 0 Å². The third kappa shape index (κ3) is 4.89. The molecule has 1 heterocycles. The van der Waals surface area contributed by atoms with E-state index in [0.29, 0.717) is 31.0 Å². The molecule has 0 radical (unpaired) electrons. The summed E-state index contributed by atoms with van der Waals surface area (Å²) in [5.41, 5.74) is 0.556. The molecule has 1 aliphatic heterocycles. The van der Waals surface area contributed by atoms with Crippen LogP contribution in [0.25, 0.3) is 0 Å². The van der Waals surface area contributed by atoms with Crippen LogP contribution in [0.15, 0.2) is 18.2 Å². The van der Waals surface area contributed by atoms with Crippen molar-refractivity contribution >= 4 is 5.91 Å². The predicted octanol–water partition coefficient (Wildman–Crippen LogP) is 2.16. The Kier molecular flexibility index (Phi) is 5.47. The van der Waals surface area contributed by atoms with Crippen molar-refractivity contribution in [1.82, 2.24) is 10.6 Å². The van der Waals surface area contributed by atoms with Gasteiger partial charge in [-0.05, 0) is 49.9 Å². The quantitative estimate of drug-likeness (QED) is 0.839. The Bertz CT molecular complexity index is 439. The molecule has 0 bridgehead atoms. The number of nitrogens with one attached hydrogen (secondary N) is 2. The highest BCUT2D eigenvalue weighted by molar-refractivity contribution is 5.75. The highest BCUT2D eigenvalue weighted by Crippen LogP contribution is 2.11. The third-order valence-corrected chi connectivity index (χ3v) is 3.54. The van der Waals surface area contributed by atoms with E-state index in [2.05, 4.69) is 10.6 Å². The van der Waals surface area contributed by atoms with Crippen molar-refractivity contribution < 1.29 is 13.6 Å². The molecule has 1 atom stereocenters. The Morgan fingerprint density at radius 3 is 2.70 bits per heavy atom. The standard InChI is InChI=1S/C15H20F2N2O/c16-12-8-11(9-13(17)10-12)5-7-19-15(20)4-3-14-2-1-6-18-14/h8-10,14,18H,1-7H2,(H,19,20). The van der Waals surface area contributed by atoms with E-state index in [1.807, 2.05) is 0 Å². The predicted molar refractivity (Wildman–Crippen MR) is 73.3 cm³/mol. The maximum absolute atomic E-state index is 13.0. The number of halogens is 2. The molecule has 0 aromatic heterocycles. The molecule has 1 amide bonds. The maximum Gasteiger partial charge on any atom is 0.220 e. The summed E-state index contributed by atoms with van der Waals surface area (Å²) in [4.78, 5) is 11.6. The zero-order chi connectivity index (χ0) is 14.4. The number of hydrogen-bond donors (Lipinski definition) is 2. The first-order chi connectivity index (χ1) is 9.63. The van der Waals surface area contributed by atoms with Crippen LogP contribution in [0.5, 0.6) is 0 Å². The summed E-state index contributed by atoms with van der Waals surface area (Å²) in [5.74, 6) is -1.17. The minimum absolute atomic E-state index is 0.00410. The van der Waals surface area contributed by atoms with Crippen LogP contribution in [0.1, 0.15) is 31.2 Å². The number of rotatable bonds is 6. The minimum atomic E-state index is -0.585. The van der Waals surface area contributed by atoms with E-state index in [4.69, 9.17) is 0 Å². The fraction of sp³-hybridized carbons (Fsp3) is 0.533. The summed E-state index contributed by atoms with van der Waals surface area (Å²) < 4.78 is 25.9. The van der Waals surface area contributed by atoms with Crippen molar-refractivity contribution in [3.05, 3.63) is 35.4 Å². The van der Waals surface area contributed by atoms with Gasteiger partial charge >= 0.3 is 0 Å². The first-order valence-electron chi connectivity index (χ1n) is 7.08. The normalized spacial score (nSPS) is 18.2. The average molecular weight is 282 g/mol. The van der Waals surface area contributed by atoms with E-state index in [1.165, 1.54) is 18.6 Å². The van der Waals surface area contributed by atoms with Gasteiger partial charge in [0.25, 0.3) is 0 Å². The molecular weight excluding hydrogens is 262 g/mol. The van der Waals surface area contributed by atoms with E-state index >= 15 is 0 Å². The Morgan fingerprint density at radius 1 is 1.30 bits per heavy atom. The molecule has 20 heavy (non-hydrogen) atoms. The lowest BCUT2D eigenvalue weighted by Gasteiger charge is -2.10. The Morgan fingerprint density at radius 2 is 2.05 bits per heavy atom. The smallest absolute Gasteiger partial charge is 0.220 e. The molecule has 0 saturated carbocycles. The number of carbonyl (C=O) groups is 1. The van der Waals surface area contributed by atoms with Gasteiger partial charge in [-0.3, -0.25) is 4.79 Å². The van der Waals surface area contributed by atoms with Crippen LogP contribution in [0, 0.1) is 11.6 Å². The maximum atomic E-state index is 13.0. The second-order valence-corrected chi connectivity index (χ2v) is 5.21. The van der Waals surface area contributed by atoms with Gasteiger partial charge in [0.15, 0.2) is 0 Å². The lowest BCUT2D eigenvalue weighted by atomic mass is 10.1. The monoisotopic (exact) mass is 282 g/mol. The molecule has 0 spiro atoms. The second kappa shape index (κ2) is 7.33. The summed E-state index contributed by atoms with van der Waals surface area (Å²) >= 11 is 0. The van der Waals surface area contributed by atoms with Gasteiger partial charge in [-0.25, -0.2) is 8.78 Å². The molecule has 1 aromatic carbocycles. The highest BCUT2D eigenvalue weighted by Gasteiger charge is 2.14. The van der Waals surface area contributed by atoms with Gasteiger partial charge in [-0.2, -0.15) is 0 Å². The van der Waals surface area contributed by atoms with Crippen molar-refractivity contribution in [1.29, 1.82) is 0 Å². The Labute approximate surface area is 117 Å². The van der Waals surface area contributed by atoms with E-state index in [9.17, 15) is 13.6 Å². The van der Waals surface area contributed by atoms with Gasteiger partial charge in [0, 0.05) is 25.1 Å². The summed E-state index contributed by atoms with van der Waals surface area (Å²) in [6, 6.07) is 3.88. The molecule has 2 rings (SSSR count). The van der Waals surface area contributed by atoms with Crippen molar-refractivity contribution in [2.24, 2.45) is 0 Å². The van der Waals surface area contributed by atoms with Crippen molar-refractivity contribution in [2.45, 2.75) is 38.1 Å². The van der Waals surface area contributed by atoms with E-state index in [-0.39, 0.29) is 5.91 Å². The number of carbonyl (C=O) groups excluding carboxylic acids is 1. The van der Waals surface area contributed by atoms with E-state index in [1.54, 1.807) is 0 Å². The molecule has 1 fully saturated rings. The van der Waals surface area contributed by atoms with Crippen molar-refractivity contribution in [3.8, 4) is 0 Å². The van der Waals surface area contributed by atoms with Gasteiger partial charge in [-0.15, -0.1) is 0 Å². The molecule has 5 heteroatoms. The molecule has 0 aliphatic carbocycles. The van der Waals surface area contributed by atoms with Crippen molar-refractivity contribution in [3.63, 3.8) is 0 Å². The topological polar surface area (TPSA) is 41.1 Å². The lowest BCUT2D eigenvalue weighted by molar-refractivity contribution is -0.121. The van der Waals surface area contributed by atoms with Gasteiger partial charge < -0.3 is 10.6 Å². The summed E-state index contributed by atoms with van der Waals surface area (Å²) in [6.45, 7) is 1.44. The van der Waals surface area contributed by atoms with Crippen LogP contribution in [0.4, 0.5) is 8.78 Å². The zero-order valence-electron chi connectivity index (χ0n) is 11.4. The van der Waals surface area contributed by atoms with E-state index in [0.717, 1.165) is 25.5 Å². The third-order valence-electron chi connectivity index (χ3n) is 3.54. The van der Waals surface area contributed by atoms with Crippen LogP contribution in [0.2, 0.25) is 0 Å². The van der Waals surface area contributed by atoms with E-state index < -0.39 is 11.6 Å². The summed E-state index contributed by atoms with van der Waals surface area (Å²) in [6.07, 6.45) is 4.09. The van der Waals surface area contributed by atoms with Crippen LogP contribution < -0.4 is 10.6 Å². The Balaban J connectivity index is 1.65. The SMILES string of the molecule is O=C(CCC1CCCN1)NCCc1cc(F)cc(F)c1. The zero-order valence-corrected chi connectivity index (χ0v) is 11.4. The fourth-order valence-electron chi connectivity index (χ4n) is 2.50. The molecule has 1 saturated heterocycles. The molecular formula is C15H20F2N2O. The second-order valence-electron chi connectivity index (χ2n) is 5.21. The van der Waals surface area contributed by atoms with Gasteiger partial charge in [-0.1, -0.05) is 0 Å². The molecule has 3 nitrogen and oxygen atoms in total. The summed E-state index contributed by atoms with van der Waals surface area (Å²) in [7, 11) is 0. The highest BCUT2D eigenvalue weighted by atomic mass is 19.1. The molecule has 1 unspecified atom stereocenters. The molecule has 1 aromatic rings. The average Bonchev–Trinajstić information content (AvgIpc) is 2.88. The molecule has 110 valence electrons. The Hall–Kier alpha value is -1.49. The number of hydrogen-bond acceptors (Lipinski definition) is 2. The minimum Gasteiger partial charge on any atom is -0.356 e. The van der Waals surface area contributed by atoms with Crippen molar-refractivity contribution in [2.75, 3.05) is 13.1 Å². The lowest BCUT2D eigenvalue weighted by Crippen LogP contribution is -2.28. The number of benzene rings is 1. The number of amides is 1. The first-order valence-corrected chi connectivity index (χ1v) is 7.08. The van der Waals surface area contributed by atoms with Gasteiger partial charge in [0.2, 0.25) is 5.91 Å². The molecule has 1 aliphatic rings.